The summed E-state index contributed by atoms with van der Waals surface area (Å²) in [7, 11) is 1.70. The Labute approximate surface area is 137 Å². The first kappa shape index (κ1) is 17.0. The summed E-state index contributed by atoms with van der Waals surface area (Å²) in [6.07, 6.45) is 1.05. The maximum Gasteiger partial charge on any atom is 0.261 e. The molecule has 0 unspecified atom stereocenters. The smallest absolute Gasteiger partial charge is 0.261 e. The van der Waals surface area contributed by atoms with Crippen LogP contribution < -0.4 is 10.6 Å². The second-order valence-corrected chi connectivity index (χ2v) is 5.92. The molecule has 1 aliphatic heterocycles. The quantitative estimate of drug-likeness (QED) is 0.474. The van der Waals surface area contributed by atoms with E-state index < -0.39 is 0 Å². The van der Waals surface area contributed by atoms with E-state index >= 15 is 0 Å². The summed E-state index contributed by atoms with van der Waals surface area (Å²) in [6.45, 7) is 5.95. The van der Waals surface area contributed by atoms with Gasteiger partial charge in [0.25, 0.3) is 11.8 Å². The van der Waals surface area contributed by atoms with E-state index in [4.69, 9.17) is 0 Å². The average molecular weight is 316 g/mol. The van der Waals surface area contributed by atoms with Crippen LogP contribution in [-0.2, 0) is 0 Å². The van der Waals surface area contributed by atoms with Crippen molar-refractivity contribution in [3.63, 3.8) is 0 Å². The van der Waals surface area contributed by atoms with Gasteiger partial charge in [0.1, 0.15) is 0 Å². The molecule has 1 heterocycles. The number of amides is 2. The Morgan fingerprint density at radius 1 is 1.09 bits per heavy atom. The first-order valence-corrected chi connectivity index (χ1v) is 7.94. The van der Waals surface area contributed by atoms with Gasteiger partial charge in [-0.05, 0) is 24.5 Å². The van der Waals surface area contributed by atoms with Crippen LogP contribution in [0.1, 0.15) is 41.0 Å². The summed E-state index contributed by atoms with van der Waals surface area (Å²) in [6, 6.07) is 6.92. The first-order chi connectivity index (χ1) is 11.0. The standard InChI is InChI=1S/C17H24N4O2/c1-12(2)8-9-19-17(18-3)20-10-11-21-15(22)13-6-4-5-7-14(13)16(21)23/h4-7,12H,8-11H2,1-3H3,(H2,18,19,20). The molecule has 0 fully saturated rings. The fraction of sp³-hybridized carbons (Fsp3) is 0.471. The molecule has 0 aromatic heterocycles. The summed E-state index contributed by atoms with van der Waals surface area (Å²) in [4.78, 5) is 29.9. The Morgan fingerprint density at radius 2 is 1.65 bits per heavy atom. The number of benzene rings is 1. The molecular weight excluding hydrogens is 292 g/mol. The van der Waals surface area contributed by atoms with Gasteiger partial charge < -0.3 is 10.6 Å². The van der Waals surface area contributed by atoms with E-state index in [9.17, 15) is 9.59 Å². The molecule has 0 saturated heterocycles. The van der Waals surface area contributed by atoms with Crippen LogP contribution in [0.2, 0.25) is 0 Å². The van der Waals surface area contributed by atoms with E-state index in [-0.39, 0.29) is 11.8 Å². The lowest BCUT2D eigenvalue weighted by Crippen LogP contribution is -2.43. The first-order valence-electron chi connectivity index (χ1n) is 7.94. The Kier molecular flexibility index (Phi) is 5.73. The molecule has 0 aliphatic carbocycles. The average Bonchev–Trinajstić information content (AvgIpc) is 2.78. The minimum atomic E-state index is -0.227. The molecular formula is C17H24N4O2. The van der Waals surface area contributed by atoms with Crippen LogP contribution in [0.25, 0.3) is 0 Å². The monoisotopic (exact) mass is 316 g/mol. The van der Waals surface area contributed by atoms with Crippen LogP contribution in [0, 0.1) is 5.92 Å². The van der Waals surface area contributed by atoms with Gasteiger partial charge in [0.15, 0.2) is 5.96 Å². The van der Waals surface area contributed by atoms with Crippen molar-refractivity contribution < 1.29 is 9.59 Å². The van der Waals surface area contributed by atoms with E-state index in [0.29, 0.717) is 36.1 Å². The summed E-state index contributed by atoms with van der Waals surface area (Å²) in [5.74, 6) is 0.853. The van der Waals surface area contributed by atoms with E-state index in [1.54, 1.807) is 31.3 Å². The van der Waals surface area contributed by atoms with Crippen LogP contribution in [0.5, 0.6) is 0 Å². The van der Waals surface area contributed by atoms with E-state index in [2.05, 4.69) is 29.5 Å². The molecule has 124 valence electrons. The van der Waals surface area contributed by atoms with Gasteiger partial charge in [-0.15, -0.1) is 0 Å². The van der Waals surface area contributed by atoms with Crippen molar-refractivity contribution in [2.75, 3.05) is 26.7 Å². The van der Waals surface area contributed by atoms with Crippen molar-refractivity contribution in [2.45, 2.75) is 20.3 Å². The van der Waals surface area contributed by atoms with Crippen molar-refractivity contribution in [3.05, 3.63) is 35.4 Å². The predicted octanol–water partition coefficient (Wildman–Crippen LogP) is 1.49. The van der Waals surface area contributed by atoms with Gasteiger partial charge in [-0.2, -0.15) is 0 Å². The number of nitrogens with one attached hydrogen (secondary N) is 2. The molecule has 2 rings (SSSR count). The van der Waals surface area contributed by atoms with Crippen molar-refractivity contribution in [1.29, 1.82) is 0 Å². The van der Waals surface area contributed by atoms with Crippen LogP contribution in [0.3, 0.4) is 0 Å². The van der Waals surface area contributed by atoms with Gasteiger partial charge >= 0.3 is 0 Å². The highest BCUT2D eigenvalue weighted by Gasteiger charge is 2.34. The number of guanidine groups is 1. The lowest BCUT2D eigenvalue weighted by molar-refractivity contribution is 0.0657. The zero-order valence-corrected chi connectivity index (χ0v) is 13.9. The lowest BCUT2D eigenvalue weighted by atomic mass is 10.1. The number of hydrogen-bond donors (Lipinski definition) is 2. The normalized spacial score (nSPS) is 14.4. The maximum absolute atomic E-state index is 12.2. The van der Waals surface area contributed by atoms with Crippen molar-refractivity contribution >= 4 is 17.8 Å². The number of rotatable bonds is 6. The molecule has 0 radical (unpaired) electrons. The Bertz CT molecular complexity index is 575. The maximum atomic E-state index is 12.2. The molecule has 0 bridgehead atoms. The number of aliphatic imine (C=N–C) groups is 1. The van der Waals surface area contributed by atoms with E-state index in [0.717, 1.165) is 13.0 Å². The number of fused-ring (bicyclic) bond motifs is 1. The van der Waals surface area contributed by atoms with Gasteiger partial charge in [-0.1, -0.05) is 26.0 Å². The molecule has 6 heteroatoms. The van der Waals surface area contributed by atoms with Gasteiger partial charge in [0.05, 0.1) is 11.1 Å². The van der Waals surface area contributed by atoms with Gasteiger partial charge in [0.2, 0.25) is 0 Å². The largest absolute Gasteiger partial charge is 0.356 e. The van der Waals surface area contributed by atoms with Gasteiger partial charge in [-0.3, -0.25) is 19.5 Å². The topological polar surface area (TPSA) is 73.8 Å². The number of hydrogen-bond acceptors (Lipinski definition) is 3. The highest BCUT2D eigenvalue weighted by atomic mass is 16.2. The Hall–Kier alpha value is -2.37. The fourth-order valence-corrected chi connectivity index (χ4v) is 2.43. The third-order valence-corrected chi connectivity index (χ3v) is 3.74. The molecule has 1 aromatic rings. The molecule has 6 nitrogen and oxygen atoms in total. The van der Waals surface area contributed by atoms with Crippen LogP contribution in [-0.4, -0.2) is 49.4 Å². The number of nitrogens with zero attached hydrogens (tertiary/aromatic N) is 2. The van der Waals surface area contributed by atoms with Crippen LogP contribution >= 0.6 is 0 Å². The van der Waals surface area contributed by atoms with Crippen LogP contribution in [0.15, 0.2) is 29.3 Å². The Balaban J connectivity index is 1.83. The lowest BCUT2D eigenvalue weighted by Gasteiger charge is -2.16. The molecule has 0 atom stereocenters. The van der Waals surface area contributed by atoms with Gasteiger partial charge in [-0.25, -0.2) is 0 Å². The fourth-order valence-electron chi connectivity index (χ4n) is 2.43. The van der Waals surface area contributed by atoms with E-state index in [1.165, 1.54) is 4.90 Å². The molecule has 0 saturated carbocycles. The highest BCUT2D eigenvalue weighted by molar-refractivity contribution is 6.21. The number of carbonyl (C=O) groups excluding carboxylic acids is 2. The summed E-state index contributed by atoms with van der Waals surface area (Å²) >= 11 is 0. The van der Waals surface area contributed by atoms with Crippen molar-refractivity contribution in [1.82, 2.24) is 15.5 Å². The van der Waals surface area contributed by atoms with Crippen LogP contribution in [0.4, 0.5) is 0 Å². The van der Waals surface area contributed by atoms with Crippen molar-refractivity contribution in [2.24, 2.45) is 10.9 Å². The third-order valence-electron chi connectivity index (χ3n) is 3.74. The summed E-state index contributed by atoms with van der Waals surface area (Å²) in [5.41, 5.74) is 0.967. The second kappa shape index (κ2) is 7.76. The number of carbonyl (C=O) groups is 2. The zero-order valence-electron chi connectivity index (χ0n) is 13.9. The van der Waals surface area contributed by atoms with Crippen molar-refractivity contribution in [3.8, 4) is 0 Å². The summed E-state index contributed by atoms with van der Waals surface area (Å²) in [5, 5.41) is 6.35. The predicted molar refractivity (Wildman–Crippen MR) is 90.6 cm³/mol. The molecule has 23 heavy (non-hydrogen) atoms. The summed E-state index contributed by atoms with van der Waals surface area (Å²) < 4.78 is 0. The molecule has 2 amide bonds. The van der Waals surface area contributed by atoms with E-state index in [1.807, 2.05) is 0 Å². The Morgan fingerprint density at radius 3 is 2.17 bits per heavy atom. The highest BCUT2D eigenvalue weighted by Crippen LogP contribution is 2.21. The minimum absolute atomic E-state index is 0.227. The molecule has 0 spiro atoms. The third kappa shape index (κ3) is 4.09. The van der Waals surface area contributed by atoms with Gasteiger partial charge in [0, 0.05) is 26.7 Å². The minimum Gasteiger partial charge on any atom is -0.356 e. The zero-order chi connectivity index (χ0) is 16.8. The number of imide groups is 1. The molecule has 1 aromatic carbocycles. The molecule has 1 aliphatic rings. The molecule has 2 N–H and O–H groups in total. The SMILES string of the molecule is CN=C(NCCC(C)C)NCCN1C(=O)c2ccccc2C1=O. The second-order valence-electron chi connectivity index (χ2n) is 5.92.